The molecule has 0 saturated carbocycles. The van der Waals surface area contributed by atoms with Crippen molar-refractivity contribution in [1.82, 2.24) is 9.97 Å². The maximum atomic E-state index is 10.9. The zero-order chi connectivity index (χ0) is 13.3. The Hall–Kier alpha value is -1.65. The molecule has 18 heavy (non-hydrogen) atoms. The normalized spacial score (nSPS) is 10.4. The molecular weight excluding hydrogens is 275 g/mol. The van der Waals surface area contributed by atoms with Crippen LogP contribution in [0.4, 0.5) is 0 Å². The Morgan fingerprint density at radius 3 is 2.56 bits per heavy atom. The highest BCUT2D eigenvalue weighted by atomic mass is 35.5. The summed E-state index contributed by atoms with van der Waals surface area (Å²) in [4.78, 5) is 19.1. The monoisotopic (exact) mass is 282 g/mol. The molecule has 0 bridgehead atoms. The van der Waals surface area contributed by atoms with E-state index in [0.717, 1.165) is 0 Å². The van der Waals surface area contributed by atoms with Crippen LogP contribution in [0.5, 0.6) is 0 Å². The Labute approximate surface area is 113 Å². The topological polar surface area (TPSA) is 63.1 Å². The van der Waals surface area contributed by atoms with Gasteiger partial charge in [-0.05, 0) is 31.2 Å². The number of benzene rings is 1. The molecule has 0 spiro atoms. The Morgan fingerprint density at radius 2 is 1.94 bits per heavy atom. The molecule has 1 heterocycles. The molecule has 4 nitrogen and oxygen atoms in total. The van der Waals surface area contributed by atoms with E-state index in [1.54, 1.807) is 25.1 Å². The first-order valence-electron chi connectivity index (χ1n) is 5.02. The molecule has 1 aromatic heterocycles. The zero-order valence-corrected chi connectivity index (χ0v) is 10.8. The third-order valence-electron chi connectivity index (χ3n) is 2.25. The molecule has 6 heteroatoms. The highest BCUT2D eigenvalue weighted by molar-refractivity contribution is 6.36. The van der Waals surface area contributed by atoms with E-state index in [1.807, 2.05) is 0 Å². The number of halogens is 2. The number of carbonyl (C=O) groups is 1. The zero-order valence-electron chi connectivity index (χ0n) is 9.32. The average molecular weight is 283 g/mol. The molecule has 0 radical (unpaired) electrons. The van der Waals surface area contributed by atoms with Crippen LogP contribution in [0.15, 0.2) is 24.3 Å². The Kier molecular flexibility index (Phi) is 3.50. The lowest BCUT2D eigenvalue weighted by molar-refractivity contribution is 0.0690. The van der Waals surface area contributed by atoms with Gasteiger partial charge in [-0.1, -0.05) is 23.2 Å². The highest BCUT2D eigenvalue weighted by Gasteiger charge is 2.12. The second-order valence-electron chi connectivity index (χ2n) is 3.65. The summed E-state index contributed by atoms with van der Waals surface area (Å²) in [6.07, 6.45) is 0. The number of hydrogen-bond donors (Lipinski definition) is 1. The maximum absolute atomic E-state index is 10.9. The number of aromatic nitrogens is 2. The first-order valence-corrected chi connectivity index (χ1v) is 5.77. The largest absolute Gasteiger partial charge is 0.477 e. The molecule has 0 aliphatic heterocycles. The van der Waals surface area contributed by atoms with Crippen molar-refractivity contribution in [3.63, 3.8) is 0 Å². The van der Waals surface area contributed by atoms with Gasteiger partial charge in [0.25, 0.3) is 0 Å². The summed E-state index contributed by atoms with van der Waals surface area (Å²) in [6, 6.07) is 6.26. The van der Waals surface area contributed by atoms with Crippen LogP contribution in [0.3, 0.4) is 0 Å². The van der Waals surface area contributed by atoms with E-state index in [-0.39, 0.29) is 11.5 Å². The summed E-state index contributed by atoms with van der Waals surface area (Å²) >= 11 is 11.8. The van der Waals surface area contributed by atoms with Crippen molar-refractivity contribution in [3.05, 3.63) is 45.7 Å². The van der Waals surface area contributed by atoms with E-state index in [4.69, 9.17) is 28.3 Å². The molecule has 0 atom stereocenters. The van der Waals surface area contributed by atoms with Crippen molar-refractivity contribution in [2.45, 2.75) is 6.92 Å². The van der Waals surface area contributed by atoms with E-state index in [1.165, 1.54) is 6.07 Å². The number of nitrogens with zero attached hydrogens (tertiary/aromatic N) is 2. The van der Waals surface area contributed by atoms with E-state index < -0.39 is 5.97 Å². The SMILES string of the molecule is Cc1cc(C(=O)O)nc(-c2ccc(Cl)cc2Cl)n1. The molecule has 92 valence electrons. The Balaban J connectivity index is 2.60. The predicted octanol–water partition coefficient (Wildman–Crippen LogP) is 3.46. The summed E-state index contributed by atoms with van der Waals surface area (Å²) in [6.45, 7) is 1.70. The molecule has 2 aromatic rings. The van der Waals surface area contributed by atoms with E-state index in [0.29, 0.717) is 21.3 Å². The third kappa shape index (κ3) is 2.60. The summed E-state index contributed by atoms with van der Waals surface area (Å²) in [5.41, 5.74) is 1.04. The standard InChI is InChI=1S/C12H8Cl2N2O2/c1-6-4-10(12(17)18)16-11(15-6)8-3-2-7(13)5-9(8)14/h2-5H,1H3,(H,17,18). The molecule has 1 N–H and O–H groups in total. The van der Waals surface area contributed by atoms with Gasteiger partial charge in [-0.3, -0.25) is 0 Å². The van der Waals surface area contributed by atoms with E-state index >= 15 is 0 Å². The van der Waals surface area contributed by atoms with Crippen LogP contribution < -0.4 is 0 Å². The molecule has 0 fully saturated rings. The van der Waals surface area contributed by atoms with Crippen molar-refractivity contribution in [2.24, 2.45) is 0 Å². The molecule has 1 aromatic carbocycles. The van der Waals surface area contributed by atoms with Gasteiger partial charge in [-0.15, -0.1) is 0 Å². The number of carboxylic acid groups (broad SMARTS) is 1. The minimum absolute atomic E-state index is 0.0662. The molecule has 0 amide bonds. The summed E-state index contributed by atoms with van der Waals surface area (Å²) in [7, 11) is 0. The number of aromatic carboxylic acids is 1. The molecule has 2 rings (SSSR count). The fourth-order valence-electron chi connectivity index (χ4n) is 1.47. The van der Waals surface area contributed by atoms with Crippen molar-refractivity contribution in [3.8, 4) is 11.4 Å². The number of hydrogen-bond acceptors (Lipinski definition) is 3. The molecular formula is C12H8Cl2N2O2. The minimum atomic E-state index is -1.10. The minimum Gasteiger partial charge on any atom is -0.477 e. The van der Waals surface area contributed by atoms with Crippen molar-refractivity contribution in [2.75, 3.05) is 0 Å². The van der Waals surface area contributed by atoms with E-state index in [9.17, 15) is 4.79 Å². The lowest BCUT2D eigenvalue weighted by Gasteiger charge is -2.05. The third-order valence-corrected chi connectivity index (χ3v) is 2.79. The lowest BCUT2D eigenvalue weighted by atomic mass is 10.2. The molecule has 0 saturated heterocycles. The maximum Gasteiger partial charge on any atom is 0.354 e. The predicted molar refractivity (Wildman–Crippen MR) is 69.2 cm³/mol. The summed E-state index contributed by atoms with van der Waals surface area (Å²) < 4.78 is 0. The quantitative estimate of drug-likeness (QED) is 0.916. The van der Waals surface area contributed by atoms with Gasteiger partial charge in [0.15, 0.2) is 11.5 Å². The van der Waals surface area contributed by atoms with Crippen LogP contribution in [-0.4, -0.2) is 21.0 Å². The first kappa shape index (κ1) is 12.8. The highest BCUT2D eigenvalue weighted by Crippen LogP contribution is 2.28. The Bertz CT molecular complexity index is 629. The summed E-state index contributed by atoms with van der Waals surface area (Å²) in [5, 5.41) is 9.82. The van der Waals surface area contributed by atoms with E-state index in [2.05, 4.69) is 9.97 Å². The van der Waals surface area contributed by atoms with Gasteiger partial charge in [-0.2, -0.15) is 0 Å². The average Bonchev–Trinajstić information content (AvgIpc) is 2.27. The number of aryl methyl sites for hydroxylation is 1. The van der Waals surface area contributed by atoms with Gasteiger partial charge in [0.05, 0.1) is 5.02 Å². The van der Waals surface area contributed by atoms with Gasteiger partial charge < -0.3 is 5.11 Å². The summed E-state index contributed by atoms with van der Waals surface area (Å²) in [5.74, 6) is -0.832. The smallest absolute Gasteiger partial charge is 0.354 e. The number of carboxylic acids is 1. The van der Waals surface area contributed by atoms with Crippen molar-refractivity contribution >= 4 is 29.2 Å². The second kappa shape index (κ2) is 4.92. The van der Waals surface area contributed by atoms with Crippen LogP contribution in [0, 0.1) is 6.92 Å². The van der Waals surface area contributed by atoms with Crippen molar-refractivity contribution in [1.29, 1.82) is 0 Å². The molecule has 0 aliphatic carbocycles. The van der Waals surface area contributed by atoms with Gasteiger partial charge in [0.2, 0.25) is 0 Å². The van der Waals surface area contributed by atoms with Gasteiger partial charge in [-0.25, -0.2) is 14.8 Å². The van der Waals surface area contributed by atoms with Gasteiger partial charge >= 0.3 is 5.97 Å². The van der Waals surface area contributed by atoms with Crippen molar-refractivity contribution < 1.29 is 9.90 Å². The lowest BCUT2D eigenvalue weighted by Crippen LogP contribution is -2.04. The fourth-order valence-corrected chi connectivity index (χ4v) is 1.96. The number of rotatable bonds is 2. The first-order chi connectivity index (χ1) is 8.47. The second-order valence-corrected chi connectivity index (χ2v) is 4.49. The van der Waals surface area contributed by atoms with Crippen LogP contribution in [0.25, 0.3) is 11.4 Å². The fraction of sp³-hybridized carbons (Fsp3) is 0.0833. The molecule has 0 unspecified atom stereocenters. The van der Waals surface area contributed by atoms with Gasteiger partial charge in [0.1, 0.15) is 0 Å². The van der Waals surface area contributed by atoms with Crippen LogP contribution in [-0.2, 0) is 0 Å². The van der Waals surface area contributed by atoms with Crippen LogP contribution >= 0.6 is 23.2 Å². The van der Waals surface area contributed by atoms with Crippen LogP contribution in [0.2, 0.25) is 10.0 Å². The van der Waals surface area contributed by atoms with Gasteiger partial charge in [0, 0.05) is 16.3 Å². The van der Waals surface area contributed by atoms with Crippen LogP contribution in [0.1, 0.15) is 16.2 Å². The Morgan fingerprint density at radius 1 is 1.22 bits per heavy atom. The molecule has 0 aliphatic rings.